The Bertz CT molecular complexity index is 392. The lowest BCUT2D eigenvalue weighted by Gasteiger charge is -2.19. The molecule has 0 saturated carbocycles. The average Bonchev–Trinajstić information content (AvgIpc) is 2.35. The van der Waals surface area contributed by atoms with Crippen molar-refractivity contribution in [3.63, 3.8) is 0 Å². The molecule has 1 atom stereocenters. The van der Waals surface area contributed by atoms with E-state index in [9.17, 15) is 4.79 Å². The van der Waals surface area contributed by atoms with Crippen LogP contribution in [0.2, 0.25) is 0 Å². The van der Waals surface area contributed by atoms with Crippen LogP contribution in [0, 0.1) is 0 Å². The lowest BCUT2D eigenvalue weighted by atomic mass is 9.92. The van der Waals surface area contributed by atoms with Crippen LogP contribution in [0.15, 0.2) is 18.3 Å². The van der Waals surface area contributed by atoms with Gasteiger partial charge in [-0.2, -0.15) is 0 Å². The second-order valence-electron chi connectivity index (χ2n) is 4.67. The fraction of sp³-hybridized carbons (Fsp3) is 0.571. The molecule has 1 heterocycles. The number of nitrogens with two attached hydrogens (primary N) is 1. The highest BCUT2D eigenvalue weighted by Gasteiger charge is 2.13. The first-order chi connectivity index (χ1) is 8.56. The van der Waals surface area contributed by atoms with Gasteiger partial charge in [0.2, 0.25) is 5.91 Å². The van der Waals surface area contributed by atoms with E-state index in [1.54, 1.807) is 18.0 Å². The summed E-state index contributed by atoms with van der Waals surface area (Å²) in [6.07, 6.45) is 4.78. The first kappa shape index (κ1) is 14.5. The van der Waals surface area contributed by atoms with Gasteiger partial charge in [-0.1, -0.05) is 13.0 Å². The normalized spacial score (nSPS) is 12.2. The zero-order chi connectivity index (χ0) is 13.5. The molecule has 1 aromatic heterocycles. The van der Waals surface area contributed by atoms with Gasteiger partial charge >= 0.3 is 0 Å². The van der Waals surface area contributed by atoms with Gasteiger partial charge in [-0.05, 0) is 36.8 Å². The summed E-state index contributed by atoms with van der Waals surface area (Å²) >= 11 is 0. The van der Waals surface area contributed by atoms with E-state index in [2.05, 4.69) is 11.9 Å². The molecule has 0 bridgehead atoms. The Morgan fingerprint density at radius 1 is 1.56 bits per heavy atom. The Balaban J connectivity index is 2.53. The fourth-order valence-electron chi connectivity index (χ4n) is 2.09. The minimum atomic E-state index is 0.115. The molecule has 0 aliphatic carbocycles. The van der Waals surface area contributed by atoms with E-state index in [1.807, 2.05) is 19.2 Å². The van der Waals surface area contributed by atoms with Crippen LogP contribution >= 0.6 is 0 Å². The van der Waals surface area contributed by atoms with Crippen molar-refractivity contribution >= 4 is 11.7 Å². The topological polar surface area (TPSA) is 59.2 Å². The van der Waals surface area contributed by atoms with Gasteiger partial charge in [-0.15, -0.1) is 0 Å². The van der Waals surface area contributed by atoms with Crippen LogP contribution in [-0.2, 0) is 4.79 Å². The van der Waals surface area contributed by atoms with Gasteiger partial charge in [-0.25, -0.2) is 4.98 Å². The van der Waals surface area contributed by atoms with Gasteiger partial charge in [0.1, 0.15) is 5.82 Å². The van der Waals surface area contributed by atoms with Crippen molar-refractivity contribution in [2.45, 2.75) is 39.0 Å². The molecule has 0 radical (unpaired) electrons. The molecule has 0 aliphatic heterocycles. The summed E-state index contributed by atoms with van der Waals surface area (Å²) in [5.74, 6) is 1.17. The minimum absolute atomic E-state index is 0.115. The summed E-state index contributed by atoms with van der Waals surface area (Å²) < 4.78 is 0. The third-order valence-corrected chi connectivity index (χ3v) is 3.39. The van der Waals surface area contributed by atoms with E-state index in [-0.39, 0.29) is 5.91 Å². The van der Waals surface area contributed by atoms with Crippen molar-refractivity contribution in [3.05, 3.63) is 23.9 Å². The van der Waals surface area contributed by atoms with Gasteiger partial charge in [0, 0.05) is 26.7 Å². The quantitative estimate of drug-likeness (QED) is 0.842. The summed E-state index contributed by atoms with van der Waals surface area (Å²) in [6.45, 7) is 4.55. The van der Waals surface area contributed by atoms with Crippen molar-refractivity contribution in [1.29, 1.82) is 0 Å². The van der Waals surface area contributed by atoms with Gasteiger partial charge in [-0.3, -0.25) is 4.79 Å². The van der Waals surface area contributed by atoms with Crippen LogP contribution in [0.5, 0.6) is 0 Å². The molecule has 4 nitrogen and oxygen atoms in total. The number of amides is 1. The van der Waals surface area contributed by atoms with E-state index in [0.717, 1.165) is 31.4 Å². The van der Waals surface area contributed by atoms with E-state index in [0.29, 0.717) is 11.7 Å². The third kappa shape index (κ3) is 4.02. The standard InChI is InChI=1S/C14H23N3O/c1-4-12(7-6-10-17(3)11(2)18)13-8-5-9-16-14(13)15/h5,8-9,12H,4,6-7,10H2,1-3H3,(H2,15,16)/t12-/m1/s1. The van der Waals surface area contributed by atoms with Crippen molar-refractivity contribution in [2.24, 2.45) is 0 Å². The molecular formula is C14H23N3O. The van der Waals surface area contributed by atoms with Crippen molar-refractivity contribution in [3.8, 4) is 0 Å². The Morgan fingerprint density at radius 3 is 2.83 bits per heavy atom. The van der Waals surface area contributed by atoms with Crippen LogP contribution in [0.4, 0.5) is 5.82 Å². The zero-order valence-electron chi connectivity index (χ0n) is 11.5. The maximum Gasteiger partial charge on any atom is 0.219 e. The Labute approximate surface area is 109 Å². The Morgan fingerprint density at radius 2 is 2.28 bits per heavy atom. The van der Waals surface area contributed by atoms with E-state index in [4.69, 9.17) is 5.73 Å². The molecule has 0 unspecified atom stereocenters. The molecule has 0 saturated heterocycles. The fourth-order valence-corrected chi connectivity index (χ4v) is 2.09. The molecule has 100 valence electrons. The van der Waals surface area contributed by atoms with Crippen molar-refractivity contribution < 1.29 is 4.79 Å². The smallest absolute Gasteiger partial charge is 0.219 e. The first-order valence-electron chi connectivity index (χ1n) is 6.48. The maximum absolute atomic E-state index is 11.1. The van der Waals surface area contributed by atoms with Crippen molar-refractivity contribution in [2.75, 3.05) is 19.3 Å². The predicted octanol–water partition coefficient (Wildman–Crippen LogP) is 2.42. The molecule has 4 heteroatoms. The average molecular weight is 249 g/mol. The second-order valence-corrected chi connectivity index (χ2v) is 4.67. The number of anilines is 1. The van der Waals surface area contributed by atoms with E-state index < -0.39 is 0 Å². The summed E-state index contributed by atoms with van der Waals surface area (Å²) in [4.78, 5) is 17.0. The lowest BCUT2D eigenvalue weighted by Crippen LogP contribution is -2.25. The molecule has 18 heavy (non-hydrogen) atoms. The van der Waals surface area contributed by atoms with Crippen LogP contribution < -0.4 is 5.73 Å². The van der Waals surface area contributed by atoms with Gasteiger partial charge in [0.15, 0.2) is 0 Å². The van der Waals surface area contributed by atoms with Gasteiger partial charge < -0.3 is 10.6 Å². The van der Waals surface area contributed by atoms with Crippen LogP contribution in [0.25, 0.3) is 0 Å². The number of carbonyl (C=O) groups excluding carboxylic acids is 1. The molecule has 0 aromatic carbocycles. The van der Waals surface area contributed by atoms with E-state index in [1.165, 1.54) is 0 Å². The number of hydrogen-bond acceptors (Lipinski definition) is 3. The molecule has 0 aliphatic rings. The molecule has 1 amide bonds. The minimum Gasteiger partial charge on any atom is -0.383 e. The number of carbonyl (C=O) groups is 1. The Hall–Kier alpha value is -1.58. The van der Waals surface area contributed by atoms with Crippen molar-refractivity contribution in [1.82, 2.24) is 9.88 Å². The lowest BCUT2D eigenvalue weighted by molar-refractivity contribution is -0.127. The maximum atomic E-state index is 11.1. The molecule has 2 N–H and O–H groups in total. The highest BCUT2D eigenvalue weighted by molar-refractivity contribution is 5.72. The summed E-state index contributed by atoms with van der Waals surface area (Å²) in [6, 6.07) is 3.97. The van der Waals surface area contributed by atoms with Crippen LogP contribution in [0.3, 0.4) is 0 Å². The number of nitrogens with zero attached hydrogens (tertiary/aromatic N) is 2. The number of aromatic nitrogens is 1. The zero-order valence-corrected chi connectivity index (χ0v) is 11.5. The van der Waals surface area contributed by atoms with Gasteiger partial charge in [0.05, 0.1) is 0 Å². The number of rotatable bonds is 6. The molecular weight excluding hydrogens is 226 g/mol. The highest BCUT2D eigenvalue weighted by Crippen LogP contribution is 2.27. The first-order valence-corrected chi connectivity index (χ1v) is 6.48. The van der Waals surface area contributed by atoms with Crippen LogP contribution in [-0.4, -0.2) is 29.4 Å². The summed E-state index contributed by atoms with van der Waals surface area (Å²) in [5.41, 5.74) is 7.03. The molecule has 1 rings (SSSR count). The molecule has 0 fully saturated rings. The second kappa shape index (κ2) is 6.99. The van der Waals surface area contributed by atoms with Gasteiger partial charge in [0.25, 0.3) is 0 Å². The number of pyridine rings is 1. The number of hydrogen-bond donors (Lipinski definition) is 1. The third-order valence-electron chi connectivity index (χ3n) is 3.39. The molecule has 1 aromatic rings. The Kier molecular flexibility index (Phi) is 5.62. The predicted molar refractivity (Wildman–Crippen MR) is 74.2 cm³/mol. The summed E-state index contributed by atoms with van der Waals surface area (Å²) in [5, 5.41) is 0. The van der Waals surface area contributed by atoms with E-state index >= 15 is 0 Å². The van der Waals surface area contributed by atoms with Crippen LogP contribution in [0.1, 0.15) is 44.6 Å². The largest absolute Gasteiger partial charge is 0.383 e. The summed E-state index contributed by atoms with van der Waals surface area (Å²) in [7, 11) is 1.84. The SMILES string of the molecule is CC[C@H](CCCN(C)C(C)=O)c1cccnc1N. The number of nitrogen functional groups attached to an aromatic ring is 1. The molecule has 0 spiro atoms. The highest BCUT2D eigenvalue weighted by atomic mass is 16.2. The monoisotopic (exact) mass is 249 g/mol.